The number of benzene rings is 2. The number of rotatable bonds is 7. The van der Waals surface area contributed by atoms with Gasteiger partial charge in [0.15, 0.2) is 11.5 Å². The Bertz CT molecular complexity index is 1460. The first-order chi connectivity index (χ1) is 18.2. The minimum absolute atomic E-state index is 0.0185. The molecule has 10 nitrogen and oxygen atoms in total. The molecule has 40 heavy (non-hydrogen) atoms. The van der Waals surface area contributed by atoms with E-state index in [0.717, 1.165) is 22.4 Å². The summed E-state index contributed by atoms with van der Waals surface area (Å²) in [7, 11) is -5.55. The van der Waals surface area contributed by atoms with Crippen molar-refractivity contribution in [3.8, 4) is 23.0 Å². The van der Waals surface area contributed by atoms with Gasteiger partial charge in [0.2, 0.25) is 25.0 Å². The second-order valence-corrected chi connectivity index (χ2v) is 25.7. The van der Waals surface area contributed by atoms with Crippen LogP contribution in [0.2, 0.25) is 58.9 Å². The van der Waals surface area contributed by atoms with Crippen molar-refractivity contribution in [2.45, 2.75) is 58.9 Å². The number of aromatic carboxylic acids is 1. The van der Waals surface area contributed by atoms with Gasteiger partial charge in [-0.05, 0) is 83.2 Å². The number of nitrogens with one attached hydrogen (secondary N) is 2. The summed E-state index contributed by atoms with van der Waals surface area (Å²) in [6.45, 7) is 18.8. The van der Waals surface area contributed by atoms with Crippen LogP contribution in [-0.4, -0.2) is 62.2 Å². The van der Waals surface area contributed by atoms with Crippen molar-refractivity contribution in [2.75, 3.05) is 0 Å². The number of fused-ring (bicyclic) bond motifs is 2. The number of phenols is 2. The van der Waals surface area contributed by atoms with Crippen LogP contribution in [0.4, 0.5) is 0 Å². The first-order valence-corrected chi connectivity index (χ1v) is 23.0. The second-order valence-electron chi connectivity index (χ2n) is 12.4. The molecule has 2 aromatic heterocycles. The molecule has 0 aliphatic rings. The Morgan fingerprint density at radius 3 is 1.60 bits per heavy atom. The highest BCUT2D eigenvalue weighted by Gasteiger charge is 2.26. The molecule has 0 radical (unpaired) electrons. The molecule has 13 heteroatoms. The summed E-state index contributed by atoms with van der Waals surface area (Å²) in [6.07, 6.45) is 0. The van der Waals surface area contributed by atoms with Crippen LogP contribution in [0.3, 0.4) is 0 Å². The first-order valence-electron chi connectivity index (χ1n) is 12.8. The van der Waals surface area contributed by atoms with Crippen LogP contribution >= 0.6 is 0 Å². The highest BCUT2D eigenvalue weighted by Crippen LogP contribution is 2.36. The van der Waals surface area contributed by atoms with Gasteiger partial charge in [0, 0.05) is 28.4 Å². The average molecular weight is 603 g/mol. The fourth-order valence-electron chi connectivity index (χ4n) is 3.67. The van der Waals surface area contributed by atoms with Gasteiger partial charge in [0.05, 0.1) is 5.52 Å². The highest BCUT2D eigenvalue weighted by molar-refractivity contribution is 6.71. The number of aromatic amines is 2. The third-order valence-electron chi connectivity index (χ3n) is 5.08. The van der Waals surface area contributed by atoms with Crippen LogP contribution in [-0.2, 0) is 4.43 Å². The van der Waals surface area contributed by atoms with Crippen molar-refractivity contribution in [1.29, 1.82) is 0 Å². The fraction of sp³-hybridized carbons (Fsp3) is 0.333. The minimum Gasteiger partial charge on any atom is -0.542 e. The zero-order chi connectivity index (χ0) is 30.2. The molecule has 216 valence electrons. The van der Waals surface area contributed by atoms with Crippen LogP contribution in [0.15, 0.2) is 36.4 Å². The maximum atomic E-state index is 12.4. The molecule has 0 saturated carbocycles. The maximum Gasteiger partial charge on any atom is 0.352 e. The lowest BCUT2D eigenvalue weighted by Crippen LogP contribution is -2.32. The van der Waals surface area contributed by atoms with E-state index in [4.69, 9.17) is 28.6 Å². The van der Waals surface area contributed by atoms with E-state index in [1.165, 1.54) is 18.2 Å². The number of hydrogen-bond donors (Lipinski definition) is 5. The Balaban J connectivity index is 0.000000263. The quantitative estimate of drug-likeness (QED) is 0.113. The van der Waals surface area contributed by atoms with Crippen molar-refractivity contribution in [2.24, 2.45) is 0 Å². The normalized spacial score (nSPS) is 12.1. The molecule has 4 aromatic rings. The van der Waals surface area contributed by atoms with Gasteiger partial charge in [0.1, 0.15) is 22.9 Å². The molecule has 0 unspecified atom stereocenters. The highest BCUT2D eigenvalue weighted by atomic mass is 28.4. The largest absolute Gasteiger partial charge is 0.542 e. The van der Waals surface area contributed by atoms with Crippen LogP contribution < -0.4 is 8.85 Å². The van der Waals surface area contributed by atoms with Gasteiger partial charge in [-0.1, -0.05) is 0 Å². The van der Waals surface area contributed by atoms with Crippen molar-refractivity contribution in [1.82, 2.24) is 9.97 Å². The molecule has 2 aromatic carbocycles. The van der Waals surface area contributed by atoms with Crippen LogP contribution in [0, 0.1) is 0 Å². The number of carboxylic acid groups (broad SMARTS) is 1. The molecule has 2 heterocycles. The fourth-order valence-corrected chi connectivity index (χ4v) is 5.98. The summed E-state index contributed by atoms with van der Waals surface area (Å²) < 4.78 is 18.1. The van der Waals surface area contributed by atoms with E-state index in [9.17, 15) is 9.59 Å². The lowest BCUT2D eigenvalue weighted by Gasteiger charge is -2.25. The van der Waals surface area contributed by atoms with Crippen molar-refractivity contribution in [3.05, 3.63) is 47.8 Å². The van der Waals surface area contributed by atoms with Crippen LogP contribution in [0.5, 0.6) is 23.0 Å². The van der Waals surface area contributed by atoms with Crippen LogP contribution in [0.25, 0.3) is 21.8 Å². The lowest BCUT2D eigenvalue weighted by molar-refractivity contribution is 0.0688. The summed E-state index contributed by atoms with van der Waals surface area (Å²) in [5.74, 6) is -0.445. The first kappa shape index (κ1) is 30.8. The number of H-pyrrole nitrogens is 2. The zero-order valence-corrected chi connectivity index (χ0v) is 27.3. The van der Waals surface area contributed by atoms with E-state index in [1.807, 2.05) is 37.8 Å². The number of carbonyl (C=O) groups excluding carboxylic acids is 1. The van der Waals surface area contributed by atoms with Gasteiger partial charge in [-0.25, -0.2) is 9.59 Å². The molecule has 0 saturated heterocycles. The number of aromatic nitrogens is 2. The van der Waals surface area contributed by atoms with E-state index < -0.39 is 30.9 Å². The molecule has 0 spiro atoms. The SMILES string of the molecule is C[Si](C)(C)OC(=O)c1cc2cc(O[Si](C)(C)C)c(O[Si](C)(C)C)cc2[nH]1.O=C(O)c1cc2cc(O)c(O)cc2[nH]1. The molecule has 0 bridgehead atoms. The standard InChI is InChI=1S/C18H31NO4Si3.C9H7NO4/c1-24(2,3)21-16-11-13-10-15(18(20)23-26(7,8)9)19-14(13)12-17(16)22-25(4,5)6;11-7-2-4-1-6(9(13)14)10-5(4)3-8(7)12/h10-12,19H,1-9H3;1-3,10-12H,(H,13,14). The van der Waals surface area contributed by atoms with Gasteiger partial charge in [-0.2, -0.15) is 0 Å². The molecule has 4 rings (SSSR count). The van der Waals surface area contributed by atoms with Gasteiger partial charge in [-0.15, -0.1) is 0 Å². The van der Waals surface area contributed by atoms with E-state index in [2.05, 4.69) is 49.3 Å². The topological polar surface area (TPSA) is 154 Å². The lowest BCUT2D eigenvalue weighted by atomic mass is 10.2. The monoisotopic (exact) mass is 602 g/mol. The third-order valence-corrected chi connectivity index (χ3v) is 7.54. The maximum absolute atomic E-state index is 12.4. The van der Waals surface area contributed by atoms with E-state index in [1.54, 1.807) is 0 Å². The van der Waals surface area contributed by atoms with Gasteiger partial charge in [0.25, 0.3) is 0 Å². The number of hydrogen-bond acceptors (Lipinski definition) is 7. The van der Waals surface area contributed by atoms with Crippen molar-refractivity contribution >= 4 is 58.7 Å². The molecule has 0 amide bonds. The summed E-state index contributed by atoms with van der Waals surface area (Å²) in [4.78, 5) is 28.7. The van der Waals surface area contributed by atoms with Crippen molar-refractivity contribution in [3.63, 3.8) is 0 Å². The molecule has 0 fully saturated rings. The summed E-state index contributed by atoms with van der Waals surface area (Å²) >= 11 is 0. The summed E-state index contributed by atoms with van der Waals surface area (Å²) in [5.41, 5.74) is 1.80. The predicted molar refractivity (Wildman–Crippen MR) is 164 cm³/mol. The molecule has 0 aliphatic carbocycles. The molecule has 5 N–H and O–H groups in total. The van der Waals surface area contributed by atoms with Crippen LogP contribution in [0.1, 0.15) is 21.0 Å². The molecular formula is C27H38N2O8Si3. The van der Waals surface area contributed by atoms with E-state index >= 15 is 0 Å². The zero-order valence-electron chi connectivity index (χ0n) is 24.3. The third kappa shape index (κ3) is 8.40. The Morgan fingerprint density at radius 1 is 0.625 bits per heavy atom. The second kappa shape index (κ2) is 11.1. The summed E-state index contributed by atoms with van der Waals surface area (Å²) in [6, 6.07) is 9.69. The van der Waals surface area contributed by atoms with Gasteiger partial charge >= 0.3 is 11.9 Å². The number of carboxylic acids is 1. The Labute approximate surface area is 236 Å². The molecule has 0 atom stereocenters. The smallest absolute Gasteiger partial charge is 0.352 e. The average Bonchev–Trinajstić information content (AvgIpc) is 3.35. The molecular weight excluding hydrogens is 565 g/mol. The predicted octanol–water partition coefficient (Wildman–Crippen LogP) is 6.86. The molecule has 0 aliphatic heterocycles. The van der Waals surface area contributed by atoms with Gasteiger partial charge in [-0.3, -0.25) is 0 Å². The number of carbonyl (C=O) groups is 2. The number of phenolic OH excluding ortho intramolecular Hbond substituents is 2. The number of aromatic hydroxyl groups is 2. The summed E-state index contributed by atoms with van der Waals surface area (Å²) in [5, 5.41) is 28.4. The Kier molecular flexibility index (Phi) is 8.53. The Hall–Kier alpha value is -3.69. The minimum atomic E-state index is -1.95. The van der Waals surface area contributed by atoms with E-state index in [0.29, 0.717) is 16.6 Å². The van der Waals surface area contributed by atoms with E-state index in [-0.39, 0.29) is 23.2 Å². The van der Waals surface area contributed by atoms with Crippen molar-refractivity contribution < 1.29 is 38.2 Å². The Morgan fingerprint density at radius 2 is 1.07 bits per heavy atom. The van der Waals surface area contributed by atoms with Gasteiger partial charge < -0.3 is 38.6 Å².